The molecule has 0 aliphatic carbocycles. The zero-order valence-corrected chi connectivity index (χ0v) is 16.9. The van der Waals surface area contributed by atoms with Crippen LogP contribution in [0.15, 0.2) is 67.0 Å². The fraction of sp³-hybridized carbons (Fsp3) is 0.240. The molecule has 3 atom stereocenters. The first-order chi connectivity index (χ1) is 15.2. The lowest BCUT2D eigenvalue weighted by molar-refractivity contribution is 0.0701. The average molecular weight is 410 g/mol. The van der Waals surface area contributed by atoms with Crippen LogP contribution in [0.1, 0.15) is 33.9 Å². The minimum Gasteiger partial charge on any atom is -0.394 e. The monoisotopic (exact) mass is 410 g/mol. The van der Waals surface area contributed by atoms with Gasteiger partial charge in [0.05, 0.1) is 30.3 Å². The third-order valence-corrected chi connectivity index (χ3v) is 6.38. The van der Waals surface area contributed by atoms with Crippen molar-refractivity contribution in [1.29, 1.82) is 5.26 Å². The molecule has 154 valence electrons. The molecule has 31 heavy (non-hydrogen) atoms. The number of aliphatic hydroxyl groups excluding tert-OH is 1. The number of hydrogen-bond donors (Lipinski definition) is 2. The average Bonchev–Trinajstić information content (AvgIpc) is 3.29. The van der Waals surface area contributed by atoms with E-state index in [1.165, 1.54) is 0 Å². The number of nitrogens with zero attached hydrogens (tertiary/aromatic N) is 3. The highest BCUT2D eigenvalue weighted by molar-refractivity contribution is 5.95. The van der Waals surface area contributed by atoms with Crippen LogP contribution in [0.2, 0.25) is 0 Å². The van der Waals surface area contributed by atoms with Crippen LogP contribution in [0, 0.1) is 17.2 Å². The number of amides is 1. The van der Waals surface area contributed by atoms with E-state index in [4.69, 9.17) is 0 Å². The third-order valence-electron chi connectivity index (χ3n) is 6.38. The molecule has 0 bridgehead atoms. The van der Waals surface area contributed by atoms with E-state index in [0.717, 1.165) is 28.8 Å². The molecular formula is C25H22N4O2. The summed E-state index contributed by atoms with van der Waals surface area (Å²) in [6.45, 7) is 0.659. The number of rotatable bonds is 3. The van der Waals surface area contributed by atoms with Gasteiger partial charge in [0.15, 0.2) is 0 Å². The number of anilines is 1. The number of carbonyl (C=O) groups is 1. The van der Waals surface area contributed by atoms with Crippen molar-refractivity contribution >= 4 is 11.6 Å². The largest absolute Gasteiger partial charge is 0.394 e. The van der Waals surface area contributed by atoms with E-state index in [2.05, 4.69) is 22.4 Å². The Labute approximate surface area is 180 Å². The molecule has 0 saturated carbocycles. The van der Waals surface area contributed by atoms with Gasteiger partial charge in [-0.1, -0.05) is 18.2 Å². The Morgan fingerprint density at radius 2 is 1.97 bits per heavy atom. The number of carbonyl (C=O) groups excluding carboxylic acids is 1. The Balaban J connectivity index is 1.58. The molecule has 0 spiro atoms. The van der Waals surface area contributed by atoms with Crippen LogP contribution in [0.5, 0.6) is 0 Å². The Morgan fingerprint density at radius 1 is 1.16 bits per heavy atom. The predicted molar refractivity (Wildman–Crippen MR) is 117 cm³/mol. The highest BCUT2D eigenvalue weighted by atomic mass is 16.3. The van der Waals surface area contributed by atoms with Crippen LogP contribution in [0.3, 0.4) is 0 Å². The Morgan fingerprint density at radius 3 is 2.74 bits per heavy atom. The van der Waals surface area contributed by atoms with Crippen LogP contribution in [-0.4, -0.2) is 40.1 Å². The van der Waals surface area contributed by atoms with Gasteiger partial charge in [0.2, 0.25) is 0 Å². The molecule has 3 heterocycles. The molecular weight excluding hydrogens is 388 g/mol. The van der Waals surface area contributed by atoms with E-state index < -0.39 is 0 Å². The number of pyridine rings is 1. The second kappa shape index (κ2) is 7.86. The van der Waals surface area contributed by atoms with E-state index in [1.54, 1.807) is 30.6 Å². The zero-order chi connectivity index (χ0) is 21.4. The molecule has 0 radical (unpaired) electrons. The summed E-state index contributed by atoms with van der Waals surface area (Å²) < 4.78 is 0. The fourth-order valence-electron chi connectivity index (χ4n) is 4.90. The van der Waals surface area contributed by atoms with E-state index in [1.807, 2.05) is 35.2 Å². The van der Waals surface area contributed by atoms with Gasteiger partial charge in [-0.25, -0.2) is 0 Å². The lowest BCUT2D eigenvalue weighted by atomic mass is 9.82. The van der Waals surface area contributed by atoms with Gasteiger partial charge in [-0.15, -0.1) is 0 Å². The molecule has 1 aromatic heterocycles. The third kappa shape index (κ3) is 3.33. The number of hydrogen-bond acceptors (Lipinski definition) is 5. The van der Waals surface area contributed by atoms with Gasteiger partial charge >= 0.3 is 0 Å². The molecule has 0 unspecified atom stereocenters. The van der Waals surface area contributed by atoms with Gasteiger partial charge in [0.25, 0.3) is 5.91 Å². The molecule has 2 aliphatic heterocycles. The van der Waals surface area contributed by atoms with Crippen molar-refractivity contribution in [2.75, 3.05) is 18.5 Å². The summed E-state index contributed by atoms with van der Waals surface area (Å²) in [5.41, 5.74) is 5.19. The SMILES string of the molecule is N#Cc1cccc(-c2ccc3c(c2)[C@@H]2[C@@H](CCN2C(=O)c2ccncc2)[C@@H](CO)N3)c1. The highest BCUT2D eigenvalue weighted by Gasteiger charge is 2.45. The fourth-order valence-corrected chi connectivity index (χ4v) is 4.90. The minimum absolute atomic E-state index is 0.0173. The first-order valence-electron chi connectivity index (χ1n) is 10.4. The second-order valence-corrected chi connectivity index (χ2v) is 8.06. The number of aliphatic hydroxyl groups is 1. The van der Waals surface area contributed by atoms with Gasteiger partial charge in [-0.3, -0.25) is 9.78 Å². The normalized spacial score (nSPS) is 21.5. The smallest absolute Gasteiger partial charge is 0.254 e. The number of nitrogens with one attached hydrogen (secondary N) is 1. The maximum atomic E-state index is 13.3. The summed E-state index contributed by atoms with van der Waals surface area (Å²) in [7, 11) is 0. The number of fused-ring (bicyclic) bond motifs is 3. The van der Waals surface area contributed by atoms with Crippen LogP contribution in [0.4, 0.5) is 5.69 Å². The lowest BCUT2D eigenvalue weighted by Crippen LogP contribution is -2.42. The van der Waals surface area contributed by atoms with Crippen LogP contribution in [0.25, 0.3) is 11.1 Å². The van der Waals surface area contributed by atoms with Crippen molar-refractivity contribution in [3.63, 3.8) is 0 Å². The maximum absolute atomic E-state index is 13.3. The first kappa shape index (κ1) is 19.3. The Hall–Kier alpha value is -3.69. The predicted octanol–water partition coefficient (Wildman–Crippen LogP) is 3.61. The number of aromatic nitrogens is 1. The van der Waals surface area contributed by atoms with Crippen LogP contribution >= 0.6 is 0 Å². The molecule has 6 nitrogen and oxygen atoms in total. The quantitative estimate of drug-likeness (QED) is 0.689. The van der Waals surface area contributed by atoms with Gasteiger partial charge in [0, 0.05) is 36.1 Å². The molecule has 6 heteroatoms. The molecule has 3 aromatic rings. The van der Waals surface area contributed by atoms with Crippen molar-refractivity contribution in [3.8, 4) is 17.2 Å². The van der Waals surface area contributed by atoms with Gasteiger partial charge in [-0.05, 0) is 59.5 Å². The molecule has 2 N–H and O–H groups in total. The van der Waals surface area contributed by atoms with E-state index in [0.29, 0.717) is 17.7 Å². The maximum Gasteiger partial charge on any atom is 0.254 e. The summed E-state index contributed by atoms with van der Waals surface area (Å²) >= 11 is 0. The summed E-state index contributed by atoms with van der Waals surface area (Å²) in [4.78, 5) is 19.3. The van der Waals surface area contributed by atoms with Gasteiger partial charge in [0.1, 0.15) is 0 Å². The summed E-state index contributed by atoms with van der Waals surface area (Å²) in [5, 5.41) is 22.7. The minimum atomic E-state index is -0.117. The van der Waals surface area contributed by atoms with Crippen molar-refractivity contribution in [1.82, 2.24) is 9.88 Å². The lowest BCUT2D eigenvalue weighted by Gasteiger charge is -2.39. The standard InChI is InChI=1S/C25H22N4O2/c26-14-16-2-1-3-18(12-16)19-4-5-22-21(13-19)24-20(23(15-30)28-22)8-11-29(24)25(31)17-6-9-27-10-7-17/h1-7,9-10,12-13,20,23-24,28,30H,8,11,15H2/t20-,23+,24-/m0/s1. The topological polar surface area (TPSA) is 89.2 Å². The molecule has 2 aliphatic rings. The number of benzene rings is 2. The Bertz CT molecular complexity index is 1170. The van der Waals surface area contributed by atoms with Crippen molar-refractivity contribution in [3.05, 3.63) is 83.7 Å². The van der Waals surface area contributed by atoms with Crippen LogP contribution in [-0.2, 0) is 0 Å². The molecule has 1 fully saturated rings. The summed E-state index contributed by atoms with van der Waals surface area (Å²) in [6, 6.07) is 19.1. The Kier molecular flexibility index (Phi) is 4.89. The van der Waals surface area contributed by atoms with E-state index in [9.17, 15) is 15.2 Å². The zero-order valence-electron chi connectivity index (χ0n) is 16.9. The first-order valence-corrected chi connectivity index (χ1v) is 10.4. The summed E-state index contributed by atoms with van der Waals surface area (Å²) in [6.07, 6.45) is 4.09. The van der Waals surface area contributed by atoms with Crippen LogP contribution < -0.4 is 5.32 Å². The highest BCUT2D eigenvalue weighted by Crippen LogP contribution is 2.47. The van der Waals surface area contributed by atoms with Gasteiger partial charge < -0.3 is 15.3 Å². The molecule has 1 saturated heterocycles. The number of likely N-dealkylation sites (tertiary alicyclic amines) is 1. The number of nitriles is 1. The van der Waals surface area contributed by atoms with E-state index >= 15 is 0 Å². The molecule has 1 amide bonds. The molecule has 5 rings (SSSR count). The second-order valence-electron chi connectivity index (χ2n) is 8.06. The van der Waals surface area contributed by atoms with Crippen molar-refractivity contribution in [2.45, 2.75) is 18.5 Å². The van der Waals surface area contributed by atoms with Gasteiger partial charge in [-0.2, -0.15) is 5.26 Å². The molecule has 2 aromatic carbocycles. The van der Waals surface area contributed by atoms with Crippen molar-refractivity contribution < 1.29 is 9.90 Å². The van der Waals surface area contributed by atoms with E-state index in [-0.39, 0.29) is 30.5 Å². The summed E-state index contributed by atoms with van der Waals surface area (Å²) in [5.74, 6) is 0.111. The van der Waals surface area contributed by atoms with Crippen molar-refractivity contribution in [2.24, 2.45) is 5.92 Å².